The lowest BCUT2D eigenvalue weighted by Gasteiger charge is -1.98. The maximum Gasteiger partial charge on any atom is 0.259 e. The lowest BCUT2D eigenvalue weighted by atomic mass is 10.2. The average molecular weight is 221 g/mol. The van der Waals surface area contributed by atoms with E-state index in [4.69, 9.17) is 4.52 Å². The standard InChI is InChI=1S/C10H11N3O3/c1-2-7(14)9-12-10(16-13-9)6-3-4-8(15)11-5-6/h3-5,7,14H,2H2,1H3,(H,11,15). The van der Waals surface area contributed by atoms with Crippen LogP contribution in [0.25, 0.3) is 11.5 Å². The van der Waals surface area contributed by atoms with Crippen LogP contribution in [0.5, 0.6) is 0 Å². The van der Waals surface area contributed by atoms with E-state index in [1.54, 1.807) is 6.07 Å². The molecule has 2 aromatic heterocycles. The average Bonchev–Trinajstić information content (AvgIpc) is 2.78. The van der Waals surface area contributed by atoms with Crippen LogP contribution in [-0.4, -0.2) is 20.2 Å². The lowest BCUT2D eigenvalue weighted by molar-refractivity contribution is 0.159. The molecule has 2 aromatic rings. The minimum absolute atomic E-state index is 0.197. The number of hydrogen-bond donors (Lipinski definition) is 2. The molecule has 1 atom stereocenters. The quantitative estimate of drug-likeness (QED) is 0.802. The van der Waals surface area contributed by atoms with E-state index in [0.29, 0.717) is 12.0 Å². The Morgan fingerprint density at radius 1 is 1.56 bits per heavy atom. The minimum Gasteiger partial charge on any atom is -0.385 e. The van der Waals surface area contributed by atoms with Crippen LogP contribution in [0.3, 0.4) is 0 Å². The van der Waals surface area contributed by atoms with Gasteiger partial charge < -0.3 is 14.6 Å². The van der Waals surface area contributed by atoms with E-state index in [1.807, 2.05) is 6.92 Å². The van der Waals surface area contributed by atoms with E-state index in [0.717, 1.165) is 0 Å². The molecule has 2 N–H and O–H groups in total. The Hall–Kier alpha value is -1.95. The number of aromatic amines is 1. The number of aromatic nitrogens is 3. The fourth-order valence-corrected chi connectivity index (χ4v) is 1.21. The summed E-state index contributed by atoms with van der Waals surface area (Å²) in [5.74, 6) is 0.530. The highest BCUT2D eigenvalue weighted by molar-refractivity contribution is 5.50. The Morgan fingerprint density at radius 3 is 3.00 bits per heavy atom. The monoisotopic (exact) mass is 221 g/mol. The molecule has 6 heteroatoms. The zero-order valence-corrected chi connectivity index (χ0v) is 8.67. The molecule has 0 aliphatic heterocycles. The van der Waals surface area contributed by atoms with Crippen LogP contribution in [0.2, 0.25) is 0 Å². The third-order valence-electron chi connectivity index (χ3n) is 2.16. The molecule has 2 rings (SSSR count). The normalized spacial score (nSPS) is 12.6. The Balaban J connectivity index is 2.31. The highest BCUT2D eigenvalue weighted by Crippen LogP contribution is 2.18. The van der Waals surface area contributed by atoms with E-state index in [-0.39, 0.29) is 17.3 Å². The van der Waals surface area contributed by atoms with Gasteiger partial charge in [0.2, 0.25) is 11.4 Å². The second kappa shape index (κ2) is 4.28. The van der Waals surface area contributed by atoms with E-state index in [9.17, 15) is 9.90 Å². The van der Waals surface area contributed by atoms with Crippen molar-refractivity contribution >= 4 is 0 Å². The number of pyridine rings is 1. The Labute approximate surface area is 90.9 Å². The molecule has 2 heterocycles. The van der Waals surface area contributed by atoms with Gasteiger partial charge in [-0.15, -0.1) is 0 Å². The summed E-state index contributed by atoms with van der Waals surface area (Å²) in [4.78, 5) is 17.4. The predicted molar refractivity (Wildman–Crippen MR) is 55.6 cm³/mol. The molecule has 0 amide bonds. The van der Waals surface area contributed by atoms with Crippen LogP contribution < -0.4 is 5.56 Å². The van der Waals surface area contributed by atoms with Crippen molar-refractivity contribution in [3.63, 3.8) is 0 Å². The van der Waals surface area contributed by atoms with Gasteiger partial charge in [0.05, 0.1) is 5.56 Å². The van der Waals surface area contributed by atoms with Crippen molar-refractivity contribution in [1.82, 2.24) is 15.1 Å². The van der Waals surface area contributed by atoms with Crippen molar-refractivity contribution in [2.75, 3.05) is 0 Å². The lowest BCUT2D eigenvalue weighted by Crippen LogP contribution is -2.01. The molecule has 0 fully saturated rings. The van der Waals surface area contributed by atoms with Gasteiger partial charge in [0.1, 0.15) is 6.10 Å². The number of nitrogens with zero attached hydrogens (tertiary/aromatic N) is 2. The van der Waals surface area contributed by atoms with Gasteiger partial charge in [-0.05, 0) is 12.5 Å². The summed E-state index contributed by atoms with van der Waals surface area (Å²) in [6.07, 6.45) is 1.28. The van der Waals surface area contributed by atoms with Gasteiger partial charge in [0.15, 0.2) is 0 Å². The largest absolute Gasteiger partial charge is 0.385 e. The highest BCUT2D eigenvalue weighted by Gasteiger charge is 2.14. The van der Waals surface area contributed by atoms with Crippen LogP contribution in [0.4, 0.5) is 0 Å². The summed E-state index contributed by atoms with van der Waals surface area (Å²) < 4.78 is 4.97. The number of rotatable bonds is 3. The van der Waals surface area contributed by atoms with Crippen LogP contribution >= 0.6 is 0 Å². The van der Waals surface area contributed by atoms with Crippen LogP contribution in [0, 0.1) is 0 Å². The van der Waals surface area contributed by atoms with Crippen molar-refractivity contribution < 1.29 is 9.63 Å². The topological polar surface area (TPSA) is 92.0 Å². The van der Waals surface area contributed by atoms with Crippen molar-refractivity contribution in [2.45, 2.75) is 19.4 Å². The molecule has 1 unspecified atom stereocenters. The SMILES string of the molecule is CCC(O)c1noc(-c2ccc(=O)[nH]c2)n1. The van der Waals surface area contributed by atoms with Gasteiger partial charge in [-0.2, -0.15) is 4.98 Å². The summed E-state index contributed by atoms with van der Waals surface area (Å²) in [6, 6.07) is 2.95. The number of aliphatic hydroxyl groups is 1. The van der Waals surface area contributed by atoms with Crippen molar-refractivity contribution in [2.24, 2.45) is 0 Å². The molecule has 0 aromatic carbocycles. The second-order valence-corrected chi connectivity index (χ2v) is 3.32. The van der Waals surface area contributed by atoms with Gasteiger partial charge in [-0.25, -0.2) is 0 Å². The van der Waals surface area contributed by atoms with Crippen molar-refractivity contribution in [1.29, 1.82) is 0 Å². The molecule has 0 bridgehead atoms. The fourth-order valence-electron chi connectivity index (χ4n) is 1.21. The fraction of sp³-hybridized carbons (Fsp3) is 0.300. The summed E-state index contributed by atoms with van der Waals surface area (Å²) in [6.45, 7) is 1.82. The smallest absolute Gasteiger partial charge is 0.259 e. The summed E-state index contributed by atoms with van der Waals surface area (Å²) in [5.41, 5.74) is 0.415. The number of aliphatic hydroxyl groups excluding tert-OH is 1. The molecule has 0 radical (unpaired) electrons. The van der Waals surface area contributed by atoms with Crippen LogP contribution in [0.15, 0.2) is 27.6 Å². The molecule has 0 aliphatic carbocycles. The van der Waals surface area contributed by atoms with E-state index < -0.39 is 6.10 Å². The Kier molecular flexibility index (Phi) is 2.82. The maximum absolute atomic E-state index is 10.9. The molecule has 16 heavy (non-hydrogen) atoms. The van der Waals surface area contributed by atoms with Gasteiger partial charge in [-0.3, -0.25) is 4.79 Å². The molecular formula is C10H11N3O3. The highest BCUT2D eigenvalue weighted by atomic mass is 16.5. The molecule has 0 saturated heterocycles. The number of hydrogen-bond acceptors (Lipinski definition) is 5. The van der Waals surface area contributed by atoms with Crippen LogP contribution in [0.1, 0.15) is 25.3 Å². The van der Waals surface area contributed by atoms with E-state index in [1.165, 1.54) is 12.3 Å². The molecule has 84 valence electrons. The van der Waals surface area contributed by atoms with E-state index in [2.05, 4.69) is 15.1 Å². The van der Waals surface area contributed by atoms with Gasteiger partial charge >= 0.3 is 0 Å². The van der Waals surface area contributed by atoms with Crippen molar-refractivity contribution in [3.8, 4) is 11.5 Å². The van der Waals surface area contributed by atoms with Gasteiger partial charge in [0, 0.05) is 12.3 Å². The molecule has 0 aliphatic rings. The van der Waals surface area contributed by atoms with Gasteiger partial charge in [-0.1, -0.05) is 12.1 Å². The predicted octanol–water partition coefficient (Wildman–Crippen LogP) is 0.868. The molecule has 0 spiro atoms. The summed E-state index contributed by atoms with van der Waals surface area (Å²) >= 11 is 0. The zero-order chi connectivity index (χ0) is 11.5. The Bertz CT molecular complexity index is 512. The third kappa shape index (κ3) is 2.01. The number of H-pyrrole nitrogens is 1. The second-order valence-electron chi connectivity index (χ2n) is 3.32. The first-order chi connectivity index (χ1) is 7.70. The van der Waals surface area contributed by atoms with Crippen molar-refractivity contribution in [3.05, 3.63) is 34.5 Å². The first-order valence-corrected chi connectivity index (χ1v) is 4.91. The number of nitrogens with one attached hydrogen (secondary N) is 1. The molecule has 6 nitrogen and oxygen atoms in total. The first-order valence-electron chi connectivity index (χ1n) is 4.91. The first kappa shape index (κ1) is 10.6. The summed E-state index contributed by atoms with van der Waals surface area (Å²) in [7, 11) is 0. The minimum atomic E-state index is -0.722. The van der Waals surface area contributed by atoms with Crippen LogP contribution in [-0.2, 0) is 0 Å². The Morgan fingerprint density at radius 2 is 2.38 bits per heavy atom. The van der Waals surface area contributed by atoms with Gasteiger partial charge in [0.25, 0.3) is 5.89 Å². The van der Waals surface area contributed by atoms with E-state index >= 15 is 0 Å². The molecular weight excluding hydrogens is 210 g/mol. The third-order valence-corrected chi connectivity index (χ3v) is 2.16. The molecule has 0 saturated carbocycles. The maximum atomic E-state index is 10.9. The zero-order valence-electron chi connectivity index (χ0n) is 8.67. The summed E-state index contributed by atoms with van der Waals surface area (Å²) in [5, 5.41) is 13.1.